The number of piperidine rings is 1. The standard InChI is InChI=1S/C31H45N7O4/c1-31(2,3)23-10-7-21(8-11-23)28(39)33-24-6-5-13-38(20-24)27-18-25(30(41)36(4)35-27)34-26-12-9-22(19-32-26)29(40)37-14-16-42-17-15-37/h9,12,18-19,21,23-24H,5-8,10-11,13-17,20H2,1-4H3,(H,32,34)(H,33,39)/t21?,23?,24-/m1/s1. The third kappa shape index (κ3) is 7.11. The maximum atomic E-state index is 13.1. The summed E-state index contributed by atoms with van der Waals surface area (Å²) in [6, 6.07) is 5.21. The van der Waals surface area contributed by atoms with Crippen LogP contribution in [0.15, 0.2) is 29.2 Å². The minimum Gasteiger partial charge on any atom is -0.378 e. The first-order valence-electron chi connectivity index (χ1n) is 15.3. The van der Waals surface area contributed by atoms with E-state index in [0.29, 0.717) is 67.1 Å². The van der Waals surface area contributed by atoms with Crippen LogP contribution in [0.25, 0.3) is 0 Å². The fraction of sp³-hybridized carbons (Fsp3) is 0.645. The Morgan fingerprint density at radius 3 is 2.43 bits per heavy atom. The largest absolute Gasteiger partial charge is 0.378 e. The number of aryl methyl sites for hydroxylation is 1. The predicted molar refractivity (Wildman–Crippen MR) is 162 cm³/mol. The lowest BCUT2D eigenvalue weighted by Gasteiger charge is -2.38. The maximum Gasteiger partial charge on any atom is 0.290 e. The SMILES string of the molecule is Cn1nc(N2CCC[C@@H](NC(=O)C3CCC(C(C)(C)C)CC3)C2)cc(Nc2ccc(C(=O)N3CCOCC3)cn2)c1=O. The zero-order valence-corrected chi connectivity index (χ0v) is 25.4. The molecule has 228 valence electrons. The van der Waals surface area contributed by atoms with Crippen molar-refractivity contribution in [3.8, 4) is 0 Å². The summed E-state index contributed by atoms with van der Waals surface area (Å²) in [5, 5.41) is 11.0. The number of rotatable bonds is 6. The Morgan fingerprint density at radius 2 is 1.76 bits per heavy atom. The topological polar surface area (TPSA) is 122 Å². The smallest absolute Gasteiger partial charge is 0.290 e. The van der Waals surface area contributed by atoms with Crippen molar-refractivity contribution >= 4 is 29.1 Å². The van der Waals surface area contributed by atoms with Crippen molar-refractivity contribution in [1.82, 2.24) is 25.0 Å². The van der Waals surface area contributed by atoms with Crippen molar-refractivity contribution < 1.29 is 14.3 Å². The Kier molecular flexibility index (Phi) is 9.15. The van der Waals surface area contributed by atoms with Crippen molar-refractivity contribution in [2.75, 3.05) is 49.6 Å². The number of amides is 2. The Morgan fingerprint density at radius 1 is 1.02 bits per heavy atom. The number of nitrogens with one attached hydrogen (secondary N) is 2. The van der Waals surface area contributed by atoms with Crippen LogP contribution < -0.4 is 21.1 Å². The normalized spacial score (nSPS) is 23.4. The van der Waals surface area contributed by atoms with E-state index in [4.69, 9.17) is 4.74 Å². The van der Waals surface area contributed by atoms with Crippen molar-refractivity contribution in [3.63, 3.8) is 0 Å². The van der Waals surface area contributed by atoms with Crippen molar-refractivity contribution in [2.24, 2.45) is 24.3 Å². The van der Waals surface area contributed by atoms with Gasteiger partial charge in [-0.25, -0.2) is 9.67 Å². The van der Waals surface area contributed by atoms with Crippen LogP contribution in [0, 0.1) is 17.3 Å². The lowest BCUT2D eigenvalue weighted by atomic mass is 9.69. The molecule has 5 rings (SSSR count). The minimum absolute atomic E-state index is 0.0419. The van der Waals surface area contributed by atoms with Gasteiger partial charge < -0.3 is 25.2 Å². The Bertz CT molecular complexity index is 1310. The van der Waals surface area contributed by atoms with E-state index in [1.54, 1.807) is 30.1 Å². The van der Waals surface area contributed by atoms with E-state index in [2.05, 4.69) is 46.4 Å². The molecule has 0 spiro atoms. The molecule has 2 aromatic heterocycles. The van der Waals surface area contributed by atoms with E-state index in [-0.39, 0.29) is 29.3 Å². The fourth-order valence-electron chi connectivity index (χ4n) is 6.36. The van der Waals surface area contributed by atoms with Crippen LogP contribution in [0.5, 0.6) is 0 Å². The summed E-state index contributed by atoms with van der Waals surface area (Å²) in [5.41, 5.74) is 0.865. The number of carbonyl (C=O) groups excluding carboxylic acids is 2. The number of ether oxygens (including phenoxy) is 1. The van der Waals surface area contributed by atoms with Gasteiger partial charge in [0.25, 0.3) is 11.5 Å². The van der Waals surface area contributed by atoms with Gasteiger partial charge in [-0.2, -0.15) is 5.10 Å². The van der Waals surface area contributed by atoms with Crippen LogP contribution in [-0.4, -0.2) is 76.9 Å². The van der Waals surface area contributed by atoms with Gasteiger partial charge in [-0.1, -0.05) is 20.8 Å². The Balaban J connectivity index is 1.21. The molecule has 2 aliphatic heterocycles. The highest BCUT2D eigenvalue weighted by Gasteiger charge is 2.33. The van der Waals surface area contributed by atoms with Crippen LogP contribution in [0.1, 0.15) is 69.7 Å². The number of aromatic nitrogens is 3. The van der Waals surface area contributed by atoms with E-state index in [1.807, 2.05) is 0 Å². The van der Waals surface area contributed by atoms with Crippen LogP contribution in [0.4, 0.5) is 17.3 Å². The van der Waals surface area contributed by atoms with Crippen molar-refractivity contribution in [2.45, 2.75) is 65.3 Å². The molecular formula is C31H45N7O4. The predicted octanol–water partition coefficient (Wildman–Crippen LogP) is 3.33. The van der Waals surface area contributed by atoms with E-state index < -0.39 is 0 Å². The van der Waals surface area contributed by atoms with Crippen molar-refractivity contribution in [3.05, 3.63) is 40.3 Å². The zero-order valence-electron chi connectivity index (χ0n) is 25.4. The minimum atomic E-state index is -0.276. The molecule has 2 N–H and O–H groups in total. The van der Waals surface area contributed by atoms with Gasteiger partial charge in [0.05, 0.1) is 18.8 Å². The molecule has 0 unspecified atom stereocenters. The summed E-state index contributed by atoms with van der Waals surface area (Å²) >= 11 is 0. The van der Waals surface area contributed by atoms with E-state index in [9.17, 15) is 14.4 Å². The molecule has 3 fully saturated rings. The third-order valence-electron chi connectivity index (χ3n) is 9.04. The molecule has 0 bridgehead atoms. The number of hydrogen-bond acceptors (Lipinski definition) is 8. The fourth-order valence-corrected chi connectivity index (χ4v) is 6.36. The molecule has 3 aliphatic rings. The average molecular weight is 580 g/mol. The van der Waals surface area contributed by atoms with Crippen LogP contribution in [0.3, 0.4) is 0 Å². The number of carbonyl (C=O) groups is 2. The number of anilines is 3. The van der Waals surface area contributed by atoms with Gasteiger partial charge in [0, 0.05) is 57.4 Å². The number of pyridine rings is 1. The Hall–Kier alpha value is -3.47. The molecule has 1 saturated carbocycles. The van der Waals surface area contributed by atoms with E-state index >= 15 is 0 Å². The van der Waals surface area contributed by atoms with Crippen LogP contribution in [-0.2, 0) is 16.6 Å². The first-order valence-corrected chi connectivity index (χ1v) is 15.3. The molecule has 2 aromatic rings. The summed E-state index contributed by atoms with van der Waals surface area (Å²) in [7, 11) is 1.63. The van der Waals surface area contributed by atoms with Crippen LogP contribution >= 0.6 is 0 Å². The van der Waals surface area contributed by atoms with Gasteiger partial charge in [0.15, 0.2) is 5.82 Å². The molecule has 0 radical (unpaired) electrons. The van der Waals surface area contributed by atoms with Crippen LogP contribution in [0.2, 0.25) is 0 Å². The number of nitrogens with zero attached hydrogens (tertiary/aromatic N) is 5. The highest BCUT2D eigenvalue weighted by molar-refractivity contribution is 5.94. The monoisotopic (exact) mass is 579 g/mol. The highest BCUT2D eigenvalue weighted by atomic mass is 16.5. The molecular weight excluding hydrogens is 534 g/mol. The number of hydrogen-bond donors (Lipinski definition) is 2. The van der Waals surface area contributed by atoms with Gasteiger partial charge >= 0.3 is 0 Å². The molecule has 11 heteroatoms. The second-order valence-corrected chi connectivity index (χ2v) is 13.0. The van der Waals surface area contributed by atoms with Gasteiger partial charge in [-0.05, 0) is 62.0 Å². The highest BCUT2D eigenvalue weighted by Crippen LogP contribution is 2.40. The average Bonchev–Trinajstić information content (AvgIpc) is 2.99. The molecule has 2 amide bonds. The second-order valence-electron chi connectivity index (χ2n) is 13.0. The quantitative estimate of drug-likeness (QED) is 0.535. The maximum absolute atomic E-state index is 13.1. The second kappa shape index (κ2) is 12.8. The lowest BCUT2D eigenvalue weighted by molar-refractivity contribution is -0.127. The Labute approximate surface area is 248 Å². The third-order valence-corrected chi connectivity index (χ3v) is 9.04. The molecule has 2 saturated heterocycles. The molecule has 42 heavy (non-hydrogen) atoms. The first kappa shape index (κ1) is 30.0. The summed E-state index contributed by atoms with van der Waals surface area (Å²) in [4.78, 5) is 47.1. The number of morpholine rings is 1. The molecule has 1 aliphatic carbocycles. The molecule has 0 aromatic carbocycles. The van der Waals surface area contributed by atoms with E-state index in [1.165, 1.54) is 10.9 Å². The molecule has 11 nitrogen and oxygen atoms in total. The lowest BCUT2D eigenvalue weighted by Crippen LogP contribution is -2.50. The summed E-state index contributed by atoms with van der Waals surface area (Å²) < 4.78 is 6.65. The summed E-state index contributed by atoms with van der Waals surface area (Å²) in [5.74, 6) is 2.00. The molecule has 4 heterocycles. The van der Waals surface area contributed by atoms with Gasteiger partial charge in [-0.3, -0.25) is 14.4 Å². The summed E-state index contributed by atoms with van der Waals surface area (Å²) in [6.07, 6.45) is 7.51. The molecule has 1 atom stereocenters. The zero-order chi connectivity index (χ0) is 29.9. The summed E-state index contributed by atoms with van der Waals surface area (Å²) in [6.45, 7) is 10.5. The van der Waals surface area contributed by atoms with Gasteiger partial charge in [0.2, 0.25) is 5.91 Å². The van der Waals surface area contributed by atoms with E-state index in [0.717, 1.165) is 45.1 Å². The first-order chi connectivity index (χ1) is 20.1. The van der Waals surface area contributed by atoms with Gasteiger partial charge in [-0.15, -0.1) is 0 Å². The van der Waals surface area contributed by atoms with Gasteiger partial charge in [0.1, 0.15) is 11.5 Å². The van der Waals surface area contributed by atoms with Crippen molar-refractivity contribution in [1.29, 1.82) is 0 Å².